The van der Waals surface area contributed by atoms with E-state index in [1.165, 1.54) is 0 Å². The van der Waals surface area contributed by atoms with Crippen LogP contribution in [0.3, 0.4) is 0 Å². The van der Waals surface area contributed by atoms with Crippen LogP contribution in [0.25, 0.3) is 12.2 Å². The summed E-state index contributed by atoms with van der Waals surface area (Å²) in [6.07, 6.45) is 6.43. The van der Waals surface area contributed by atoms with Gasteiger partial charge >= 0.3 is 0 Å². The van der Waals surface area contributed by atoms with Gasteiger partial charge < -0.3 is 14.2 Å². The first-order chi connectivity index (χ1) is 24.6. The van der Waals surface area contributed by atoms with Crippen LogP contribution in [0, 0.1) is 0 Å². The molecule has 5 heterocycles. The second-order valence-electron chi connectivity index (χ2n) is 11.6. The Kier molecular flexibility index (Phi) is 7.14. The number of anilines is 4. The van der Waals surface area contributed by atoms with Gasteiger partial charge in [-0.05, 0) is 60.7 Å². The van der Waals surface area contributed by atoms with E-state index in [0.717, 1.165) is 32.3 Å². The zero-order valence-corrected chi connectivity index (χ0v) is 27.0. The molecule has 0 saturated heterocycles. The highest BCUT2D eigenvalue weighted by Gasteiger charge is 2.35. The number of nitrogens with one attached hydrogen (secondary N) is 1. The highest BCUT2D eigenvalue weighted by molar-refractivity contribution is 7.99. The Morgan fingerprint density at radius 1 is 0.560 bits per heavy atom. The SMILES string of the molecule is O=C1C(=Cc2ccco2)N=C(c2ccccc2)N1c1ccc2c(c1)Sc1cc(N3C(=O)C(=Cc4ccco4)N=C3c3ccccc3)ccc1N2. The van der Waals surface area contributed by atoms with E-state index in [0.29, 0.717) is 34.6 Å². The largest absolute Gasteiger partial charge is 0.465 e. The molecule has 3 aliphatic heterocycles. The molecule has 0 spiro atoms. The standard InChI is InChI=1S/C40H25N5O4S/c46-39-33(23-29-13-7-19-48-29)42-37(25-9-3-1-4-10-25)44(39)27-15-17-31-35(21-27)50-36-22-28(16-18-32(36)41-31)45-38(26-11-5-2-6-12-26)43-34(40(45)47)24-30-14-8-20-49-30/h1-24,41H. The first-order valence-electron chi connectivity index (χ1n) is 15.8. The fourth-order valence-electron chi connectivity index (χ4n) is 6.03. The number of amidine groups is 2. The summed E-state index contributed by atoms with van der Waals surface area (Å²) in [6.45, 7) is 0. The van der Waals surface area contributed by atoms with Gasteiger partial charge in [0.05, 0.1) is 35.3 Å². The van der Waals surface area contributed by atoms with Crippen molar-refractivity contribution in [1.82, 2.24) is 0 Å². The van der Waals surface area contributed by atoms with Gasteiger partial charge in [0.25, 0.3) is 11.8 Å². The van der Waals surface area contributed by atoms with Crippen LogP contribution in [-0.4, -0.2) is 23.5 Å². The lowest BCUT2D eigenvalue weighted by Crippen LogP contribution is -2.32. The molecule has 50 heavy (non-hydrogen) atoms. The fourth-order valence-corrected chi connectivity index (χ4v) is 7.08. The van der Waals surface area contributed by atoms with Gasteiger partial charge in [-0.1, -0.05) is 72.4 Å². The third-order valence-electron chi connectivity index (χ3n) is 8.37. The Morgan fingerprint density at radius 2 is 1.02 bits per heavy atom. The number of rotatable bonds is 6. The zero-order valence-electron chi connectivity index (χ0n) is 26.2. The van der Waals surface area contributed by atoms with Crippen LogP contribution in [0.1, 0.15) is 22.6 Å². The smallest absolute Gasteiger partial charge is 0.282 e. The molecule has 9 nitrogen and oxygen atoms in total. The topological polar surface area (TPSA) is 104 Å². The monoisotopic (exact) mass is 671 g/mol. The van der Waals surface area contributed by atoms with E-state index in [4.69, 9.17) is 18.8 Å². The van der Waals surface area contributed by atoms with E-state index in [2.05, 4.69) is 5.32 Å². The Labute approximate surface area is 290 Å². The number of nitrogens with zero attached hydrogens (tertiary/aromatic N) is 4. The summed E-state index contributed by atoms with van der Waals surface area (Å²) in [5, 5.41) is 3.53. The average molecular weight is 672 g/mol. The van der Waals surface area contributed by atoms with Gasteiger partial charge in [-0.3, -0.25) is 19.4 Å². The molecule has 4 aromatic carbocycles. The quantitative estimate of drug-likeness (QED) is 0.177. The molecule has 2 aromatic heterocycles. The van der Waals surface area contributed by atoms with Gasteiger partial charge in [-0.25, -0.2) is 9.98 Å². The second kappa shape index (κ2) is 12.1. The van der Waals surface area contributed by atoms with E-state index in [-0.39, 0.29) is 23.2 Å². The van der Waals surface area contributed by atoms with E-state index >= 15 is 0 Å². The van der Waals surface area contributed by atoms with Crippen molar-refractivity contribution < 1.29 is 18.4 Å². The van der Waals surface area contributed by atoms with E-state index in [1.807, 2.05) is 97.1 Å². The molecule has 0 bridgehead atoms. The van der Waals surface area contributed by atoms with Crippen molar-refractivity contribution in [2.75, 3.05) is 15.1 Å². The molecular formula is C40H25N5O4S. The number of fused-ring (bicyclic) bond motifs is 2. The lowest BCUT2D eigenvalue weighted by Gasteiger charge is -2.26. The van der Waals surface area contributed by atoms with Crippen LogP contribution in [0.15, 0.2) is 174 Å². The molecular weight excluding hydrogens is 647 g/mol. The van der Waals surface area contributed by atoms with Gasteiger partial charge in [0.2, 0.25) is 0 Å². The maximum Gasteiger partial charge on any atom is 0.282 e. The molecule has 1 N–H and O–H groups in total. The Balaban J connectivity index is 1.06. The molecule has 9 rings (SSSR count). The van der Waals surface area contributed by atoms with Crippen LogP contribution in [0.4, 0.5) is 22.7 Å². The summed E-state index contributed by atoms with van der Waals surface area (Å²) in [5.41, 5.74) is 5.35. The third-order valence-corrected chi connectivity index (χ3v) is 9.48. The van der Waals surface area contributed by atoms with Crippen molar-refractivity contribution in [2.24, 2.45) is 9.98 Å². The molecule has 0 radical (unpaired) electrons. The lowest BCUT2D eigenvalue weighted by atomic mass is 10.1. The predicted octanol–water partition coefficient (Wildman–Crippen LogP) is 8.75. The lowest BCUT2D eigenvalue weighted by molar-refractivity contribution is -0.114. The molecule has 0 atom stereocenters. The van der Waals surface area contributed by atoms with Crippen LogP contribution >= 0.6 is 11.8 Å². The maximum absolute atomic E-state index is 13.9. The first kappa shape index (κ1) is 29.5. The van der Waals surface area contributed by atoms with E-state index in [1.54, 1.807) is 70.5 Å². The van der Waals surface area contributed by atoms with E-state index in [9.17, 15) is 9.59 Å². The minimum absolute atomic E-state index is 0.254. The summed E-state index contributed by atoms with van der Waals surface area (Å²) in [7, 11) is 0. The molecule has 3 aliphatic rings. The normalized spacial score (nSPS) is 16.8. The van der Waals surface area contributed by atoms with E-state index < -0.39 is 0 Å². The minimum Gasteiger partial charge on any atom is -0.465 e. The number of amides is 2. The summed E-state index contributed by atoms with van der Waals surface area (Å²) in [5.74, 6) is 1.65. The molecule has 6 aromatic rings. The molecule has 0 saturated carbocycles. The maximum atomic E-state index is 13.9. The van der Waals surface area contributed by atoms with Crippen molar-refractivity contribution >= 4 is 70.1 Å². The van der Waals surface area contributed by atoms with Crippen LogP contribution in [0.5, 0.6) is 0 Å². The van der Waals surface area contributed by atoms with Gasteiger partial charge in [0.15, 0.2) is 0 Å². The summed E-state index contributed by atoms with van der Waals surface area (Å²) < 4.78 is 11.0. The summed E-state index contributed by atoms with van der Waals surface area (Å²) in [4.78, 5) is 42.4. The minimum atomic E-state index is -0.254. The number of hydrogen-bond acceptors (Lipinski definition) is 8. The summed E-state index contributed by atoms with van der Waals surface area (Å²) in [6, 6.07) is 38.1. The van der Waals surface area contributed by atoms with Crippen molar-refractivity contribution in [2.45, 2.75) is 9.79 Å². The number of hydrogen-bond donors (Lipinski definition) is 1. The third kappa shape index (κ3) is 5.24. The summed E-state index contributed by atoms with van der Waals surface area (Å²) >= 11 is 1.56. The number of carbonyl (C=O) groups is 2. The number of benzene rings is 4. The Hall–Kier alpha value is -6.65. The first-order valence-corrected chi connectivity index (χ1v) is 16.6. The van der Waals surface area contributed by atoms with Crippen molar-refractivity contribution in [3.63, 3.8) is 0 Å². The van der Waals surface area contributed by atoms with Gasteiger partial charge in [-0.2, -0.15) is 0 Å². The molecule has 0 fully saturated rings. The zero-order chi connectivity index (χ0) is 33.6. The van der Waals surface area contributed by atoms with Crippen LogP contribution in [-0.2, 0) is 9.59 Å². The average Bonchev–Trinajstić information content (AvgIpc) is 3.98. The Morgan fingerprint density at radius 3 is 1.44 bits per heavy atom. The Bertz CT molecular complexity index is 2250. The number of carbonyl (C=O) groups excluding carboxylic acids is 2. The number of furan rings is 2. The van der Waals surface area contributed by atoms with Crippen LogP contribution < -0.4 is 15.1 Å². The second-order valence-corrected chi connectivity index (χ2v) is 12.6. The fraction of sp³-hybridized carbons (Fsp3) is 0. The van der Waals surface area contributed by atoms with Crippen molar-refractivity contribution in [3.05, 3.63) is 168 Å². The molecule has 0 unspecified atom stereocenters. The van der Waals surface area contributed by atoms with Crippen LogP contribution in [0.2, 0.25) is 0 Å². The number of aliphatic imine (C=N–C) groups is 2. The molecule has 0 aliphatic carbocycles. The van der Waals surface area contributed by atoms with Gasteiger partial charge in [0, 0.05) is 33.1 Å². The molecule has 2 amide bonds. The highest BCUT2D eigenvalue weighted by atomic mass is 32.2. The molecule has 10 heteroatoms. The molecule has 240 valence electrons. The highest BCUT2D eigenvalue weighted by Crippen LogP contribution is 2.47. The van der Waals surface area contributed by atoms with Crippen molar-refractivity contribution in [3.8, 4) is 0 Å². The predicted molar refractivity (Wildman–Crippen MR) is 195 cm³/mol. The van der Waals surface area contributed by atoms with Gasteiger partial charge in [-0.15, -0.1) is 0 Å². The van der Waals surface area contributed by atoms with Gasteiger partial charge in [0.1, 0.15) is 34.6 Å². The van der Waals surface area contributed by atoms with Crippen molar-refractivity contribution in [1.29, 1.82) is 0 Å².